The lowest BCUT2D eigenvalue weighted by Crippen LogP contribution is -2.39. The monoisotopic (exact) mass is 364 g/mol. The summed E-state index contributed by atoms with van der Waals surface area (Å²) >= 11 is 0. The zero-order valence-electron chi connectivity index (χ0n) is 13.9. The molecule has 1 aliphatic heterocycles. The molecule has 1 atom stereocenters. The predicted octanol–water partition coefficient (Wildman–Crippen LogP) is 1.33. The molecule has 134 valence electrons. The van der Waals surface area contributed by atoms with Gasteiger partial charge in [-0.15, -0.1) is 0 Å². The van der Waals surface area contributed by atoms with Gasteiger partial charge in [0.1, 0.15) is 5.76 Å². The average Bonchev–Trinajstić information content (AvgIpc) is 3.07. The molecule has 1 amide bonds. The summed E-state index contributed by atoms with van der Waals surface area (Å²) < 4.78 is 37.6. The van der Waals surface area contributed by atoms with Gasteiger partial charge in [-0.05, 0) is 24.3 Å². The standard InChI is InChI=1S/C17H20N2O5S/c1-23-15-11-18(10-14-6-5-9-24-14)17(20)13-19(12-15)25(21,22)16-7-3-2-4-8-16/h2-9,15H,10-13H2,1H3. The normalized spacial score (nSPS) is 19.8. The number of hydrogen-bond acceptors (Lipinski definition) is 5. The second-order valence-corrected chi connectivity index (χ2v) is 7.76. The van der Waals surface area contributed by atoms with Crippen molar-refractivity contribution in [2.24, 2.45) is 0 Å². The van der Waals surface area contributed by atoms with Gasteiger partial charge in [-0.25, -0.2) is 8.42 Å². The molecular formula is C17H20N2O5S. The molecule has 7 nitrogen and oxygen atoms in total. The molecule has 8 heteroatoms. The molecule has 0 aliphatic carbocycles. The van der Waals surface area contributed by atoms with Gasteiger partial charge in [-0.3, -0.25) is 4.79 Å². The molecule has 3 rings (SSSR count). The van der Waals surface area contributed by atoms with Gasteiger partial charge in [0.25, 0.3) is 0 Å². The van der Waals surface area contributed by atoms with Crippen LogP contribution < -0.4 is 0 Å². The number of carbonyl (C=O) groups is 1. The Bertz CT molecular complexity index is 805. The molecule has 1 aliphatic rings. The minimum atomic E-state index is -3.76. The summed E-state index contributed by atoms with van der Waals surface area (Å²) in [5.74, 6) is 0.359. The van der Waals surface area contributed by atoms with E-state index in [1.54, 1.807) is 35.2 Å². The van der Waals surface area contributed by atoms with E-state index < -0.39 is 16.1 Å². The molecule has 0 bridgehead atoms. The molecule has 1 aromatic carbocycles. The largest absolute Gasteiger partial charge is 0.467 e. The number of sulfonamides is 1. The number of benzene rings is 1. The van der Waals surface area contributed by atoms with Crippen LogP contribution in [0.3, 0.4) is 0 Å². The molecule has 0 N–H and O–H groups in total. The molecule has 0 spiro atoms. The number of rotatable bonds is 5. The highest BCUT2D eigenvalue weighted by Crippen LogP contribution is 2.20. The van der Waals surface area contributed by atoms with E-state index in [9.17, 15) is 13.2 Å². The Morgan fingerprint density at radius 3 is 2.56 bits per heavy atom. The maximum Gasteiger partial charge on any atom is 0.243 e. The van der Waals surface area contributed by atoms with Crippen LogP contribution in [0, 0.1) is 0 Å². The van der Waals surface area contributed by atoms with E-state index in [0.29, 0.717) is 12.3 Å². The van der Waals surface area contributed by atoms with Crippen LogP contribution in [0.1, 0.15) is 5.76 Å². The third kappa shape index (κ3) is 3.92. The predicted molar refractivity (Wildman–Crippen MR) is 90.1 cm³/mol. The first kappa shape index (κ1) is 17.7. The van der Waals surface area contributed by atoms with E-state index in [4.69, 9.17) is 9.15 Å². The molecule has 1 aromatic heterocycles. The Balaban J connectivity index is 1.84. The number of amides is 1. The van der Waals surface area contributed by atoms with Gasteiger partial charge < -0.3 is 14.1 Å². The molecule has 2 aromatic rings. The fraction of sp³-hybridized carbons (Fsp3) is 0.353. The van der Waals surface area contributed by atoms with Gasteiger partial charge in [-0.1, -0.05) is 18.2 Å². The van der Waals surface area contributed by atoms with Gasteiger partial charge in [0.15, 0.2) is 0 Å². The summed E-state index contributed by atoms with van der Waals surface area (Å²) in [6, 6.07) is 11.6. The smallest absolute Gasteiger partial charge is 0.243 e. The second-order valence-electron chi connectivity index (χ2n) is 5.82. The van der Waals surface area contributed by atoms with E-state index in [-0.39, 0.29) is 30.4 Å². The Hall–Kier alpha value is -2.16. The molecule has 1 saturated heterocycles. The Morgan fingerprint density at radius 1 is 1.16 bits per heavy atom. The maximum absolute atomic E-state index is 12.9. The fourth-order valence-corrected chi connectivity index (χ4v) is 4.21. The highest BCUT2D eigenvalue weighted by molar-refractivity contribution is 7.89. The summed E-state index contributed by atoms with van der Waals surface area (Å²) in [6.07, 6.45) is 1.12. The van der Waals surface area contributed by atoms with Gasteiger partial charge in [0.2, 0.25) is 15.9 Å². The molecule has 2 heterocycles. The maximum atomic E-state index is 12.9. The summed E-state index contributed by atoms with van der Waals surface area (Å²) in [6.45, 7) is 0.480. The number of nitrogens with zero attached hydrogens (tertiary/aromatic N) is 2. The van der Waals surface area contributed by atoms with E-state index >= 15 is 0 Å². The van der Waals surface area contributed by atoms with Crippen molar-refractivity contribution < 1.29 is 22.4 Å². The van der Waals surface area contributed by atoms with Crippen molar-refractivity contribution in [3.8, 4) is 0 Å². The lowest BCUT2D eigenvalue weighted by molar-refractivity contribution is -0.132. The van der Waals surface area contributed by atoms with E-state index in [0.717, 1.165) is 0 Å². The van der Waals surface area contributed by atoms with Crippen LogP contribution in [0.2, 0.25) is 0 Å². The number of hydrogen-bond donors (Lipinski definition) is 0. The van der Waals surface area contributed by atoms with Crippen molar-refractivity contribution >= 4 is 15.9 Å². The van der Waals surface area contributed by atoms with Crippen LogP contribution >= 0.6 is 0 Å². The Kier molecular flexibility index (Phi) is 5.22. The fourth-order valence-electron chi connectivity index (χ4n) is 2.76. The van der Waals surface area contributed by atoms with E-state index in [1.165, 1.54) is 29.8 Å². The number of ether oxygens (including phenoxy) is 1. The molecule has 1 unspecified atom stereocenters. The van der Waals surface area contributed by atoms with Crippen LogP contribution in [-0.4, -0.2) is 56.4 Å². The van der Waals surface area contributed by atoms with Gasteiger partial charge >= 0.3 is 0 Å². The van der Waals surface area contributed by atoms with Gasteiger partial charge in [0.05, 0.1) is 30.4 Å². The first-order valence-electron chi connectivity index (χ1n) is 7.89. The van der Waals surface area contributed by atoms with Crippen molar-refractivity contribution in [3.05, 3.63) is 54.5 Å². The number of methoxy groups -OCH3 is 1. The molecule has 0 saturated carbocycles. The zero-order chi connectivity index (χ0) is 17.9. The van der Waals surface area contributed by atoms with Crippen LogP contribution in [0.5, 0.6) is 0 Å². The lowest BCUT2D eigenvalue weighted by atomic mass is 10.3. The van der Waals surface area contributed by atoms with Gasteiger partial charge in [0, 0.05) is 20.2 Å². The van der Waals surface area contributed by atoms with Crippen LogP contribution in [0.25, 0.3) is 0 Å². The zero-order valence-corrected chi connectivity index (χ0v) is 14.7. The quantitative estimate of drug-likeness (QED) is 0.800. The van der Waals surface area contributed by atoms with Crippen LogP contribution in [0.4, 0.5) is 0 Å². The van der Waals surface area contributed by atoms with Crippen molar-refractivity contribution in [1.29, 1.82) is 0 Å². The van der Waals surface area contributed by atoms with Crippen LogP contribution in [-0.2, 0) is 26.1 Å². The molecular weight excluding hydrogens is 344 g/mol. The Labute approximate surface area is 146 Å². The van der Waals surface area contributed by atoms with Crippen molar-refractivity contribution in [2.45, 2.75) is 17.5 Å². The highest BCUT2D eigenvalue weighted by atomic mass is 32.2. The molecule has 25 heavy (non-hydrogen) atoms. The highest BCUT2D eigenvalue weighted by Gasteiger charge is 2.35. The van der Waals surface area contributed by atoms with Crippen molar-refractivity contribution in [2.75, 3.05) is 26.7 Å². The first-order valence-corrected chi connectivity index (χ1v) is 9.33. The van der Waals surface area contributed by atoms with Crippen molar-refractivity contribution in [1.82, 2.24) is 9.21 Å². The average molecular weight is 364 g/mol. The van der Waals surface area contributed by atoms with Crippen molar-refractivity contribution in [3.63, 3.8) is 0 Å². The summed E-state index contributed by atoms with van der Waals surface area (Å²) in [5, 5.41) is 0. The van der Waals surface area contributed by atoms with E-state index in [2.05, 4.69) is 0 Å². The Morgan fingerprint density at radius 2 is 1.92 bits per heavy atom. The molecule has 1 fully saturated rings. The summed E-state index contributed by atoms with van der Waals surface area (Å²) in [4.78, 5) is 14.3. The first-order chi connectivity index (χ1) is 12.0. The lowest BCUT2D eigenvalue weighted by Gasteiger charge is -2.22. The topological polar surface area (TPSA) is 80.1 Å². The number of furan rings is 1. The number of carbonyl (C=O) groups excluding carboxylic acids is 1. The third-order valence-corrected chi connectivity index (χ3v) is 5.96. The van der Waals surface area contributed by atoms with Crippen LogP contribution in [0.15, 0.2) is 58.0 Å². The molecule has 0 radical (unpaired) electrons. The second kappa shape index (κ2) is 7.38. The SMILES string of the molecule is COC1CN(Cc2ccco2)C(=O)CN(S(=O)(=O)c2ccccc2)C1. The minimum absolute atomic E-state index is 0.119. The summed E-state index contributed by atoms with van der Waals surface area (Å²) in [5.41, 5.74) is 0. The minimum Gasteiger partial charge on any atom is -0.467 e. The third-order valence-electron chi connectivity index (χ3n) is 4.14. The summed E-state index contributed by atoms with van der Waals surface area (Å²) in [7, 11) is -2.25. The van der Waals surface area contributed by atoms with E-state index in [1.807, 2.05) is 0 Å². The van der Waals surface area contributed by atoms with Gasteiger partial charge in [-0.2, -0.15) is 4.31 Å².